The van der Waals surface area contributed by atoms with E-state index in [4.69, 9.17) is 0 Å². The van der Waals surface area contributed by atoms with Crippen LogP contribution < -0.4 is 4.31 Å². The standard InChI is InChI=1S/C16H15BrN2O6S/c1-11-7-8-12(9-15(11)19(21)22)26(23,24)18(10-16(20)25-2)14-6-4-3-5-13(14)17/h3-9H,10H2,1-2H3. The van der Waals surface area contributed by atoms with Gasteiger partial charge in [0.2, 0.25) is 0 Å². The SMILES string of the molecule is COC(=O)CN(c1ccccc1Br)S(=O)(=O)c1ccc(C)c([N+](=O)[O-])c1. The summed E-state index contributed by atoms with van der Waals surface area (Å²) in [4.78, 5) is 21.9. The molecule has 0 amide bonds. The number of benzene rings is 2. The molecule has 0 aliphatic carbocycles. The smallest absolute Gasteiger partial charge is 0.326 e. The molecular formula is C16H15BrN2O6S. The first-order valence-electron chi connectivity index (χ1n) is 7.27. The zero-order valence-electron chi connectivity index (χ0n) is 13.9. The molecule has 0 atom stereocenters. The summed E-state index contributed by atoms with van der Waals surface area (Å²) in [5.41, 5.74) is 0.215. The molecule has 138 valence electrons. The second-order valence-electron chi connectivity index (χ2n) is 5.24. The summed E-state index contributed by atoms with van der Waals surface area (Å²) < 4.78 is 32.1. The third-order valence-electron chi connectivity index (χ3n) is 3.59. The maximum atomic E-state index is 13.1. The molecule has 0 heterocycles. The number of nitro benzene ring substituents is 1. The molecule has 8 nitrogen and oxygen atoms in total. The van der Waals surface area contributed by atoms with Crippen molar-refractivity contribution in [3.05, 3.63) is 62.6 Å². The molecule has 0 radical (unpaired) electrons. The Hall–Kier alpha value is -2.46. The summed E-state index contributed by atoms with van der Waals surface area (Å²) in [5.74, 6) is -0.772. The summed E-state index contributed by atoms with van der Waals surface area (Å²) in [7, 11) is -3.11. The van der Waals surface area contributed by atoms with E-state index in [-0.39, 0.29) is 16.3 Å². The van der Waals surface area contributed by atoms with Crippen molar-refractivity contribution < 1.29 is 22.9 Å². The van der Waals surface area contributed by atoms with Gasteiger partial charge in [-0.25, -0.2) is 8.42 Å². The van der Waals surface area contributed by atoms with Crippen molar-refractivity contribution in [2.24, 2.45) is 0 Å². The summed E-state index contributed by atoms with van der Waals surface area (Å²) in [6, 6.07) is 10.0. The highest BCUT2D eigenvalue weighted by molar-refractivity contribution is 9.10. The summed E-state index contributed by atoms with van der Waals surface area (Å²) >= 11 is 3.26. The van der Waals surface area contributed by atoms with Gasteiger partial charge >= 0.3 is 5.97 Å². The summed E-state index contributed by atoms with van der Waals surface area (Å²) in [5, 5.41) is 11.1. The topological polar surface area (TPSA) is 107 Å². The van der Waals surface area contributed by atoms with Crippen LogP contribution >= 0.6 is 15.9 Å². The van der Waals surface area contributed by atoms with Crippen molar-refractivity contribution in [2.75, 3.05) is 18.0 Å². The number of sulfonamides is 1. The molecular weight excluding hydrogens is 428 g/mol. The van der Waals surface area contributed by atoms with E-state index in [1.165, 1.54) is 25.1 Å². The maximum absolute atomic E-state index is 13.1. The van der Waals surface area contributed by atoms with E-state index in [1.54, 1.807) is 18.2 Å². The third kappa shape index (κ3) is 4.02. The number of anilines is 1. The zero-order chi connectivity index (χ0) is 19.5. The van der Waals surface area contributed by atoms with Gasteiger partial charge in [-0.15, -0.1) is 0 Å². The lowest BCUT2D eigenvalue weighted by atomic mass is 10.2. The number of halogens is 1. The molecule has 2 aromatic carbocycles. The number of nitro groups is 1. The molecule has 2 rings (SSSR count). The maximum Gasteiger partial charge on any atom is 0.326 e. The van der Waals surface area contributed by atoms with Crippen LogP contribution in [0.2, 0.25) is 0 Å². The minimum Gasteiger partial charge on any atom is -0.468 e. The van der Waals surface area contributed by atoms with Crippen LogP contribution in [0.5, 0.6) is 0 Å². The second-order valence-corrected chi connectivity index (χ2v) is 7.96. The number of methoxy groups -OCH3 is 1. The molecule has 0 fully saturated rings. The van der Waals surface area contributed by atoms with Crippen LogP contribution in [0, 0.1) is 17.0 Å². The minimum atomic E-state index is -4.26. The number of rotatable bonds is 6. The minimum absolute atomic E-state index is 0.209. The first-order valence-corrected chi connectivity index (χ1v) is 9.51. The highest BCUT2D eigenvalue weighted by Gasteiger charge is 2.30. The van der Waals surface area contributed by atoms with Crippen molar-refractivity contribution in [2.45, 2.75) is 11.8 Å². The molecule has 0 aliphatic heterocycles. The number of nitrogens with zero attached hydrogens (tertiary/aromatic N) is 2. The van der Waals surface area contributed by atoms with E-state index in [2.05, 4.69) is 20.7 Å². The summed E-state index contributed by atoms with van der Waals surface area (Å²) in [6.45, 7) is 0.928. The Balaban J connectivity index is 2.63. The van der Waals surface area contributed by atoms with Gasteiger partial charge in [-0.3, -0.25) is 19.2 Å². The Kier molecular flexibility index (Phi) is 5.98. The Morgan fingerprint density at radius 1 is 1.27 bits per heavy atom. The van der Waals surface area contributed by atoms with Gasteiger partial charge < -0.3 is 4.74 Å². The fourth-order valence-electron chi connectivity index (χ4n) is 2.21. The van der Waals surface area contributed by atoms with Crippen LogP contribution in [0.15, 0.2) is 51.8 Å². The quantitative estimate of drug-likeness (QED) is 0.386. The monoisotopic (exact) mass is 442 g/mol. The van der Waals surface area contributed by atoms with E-state index < -0.39 is 27.5 Å². The Bertz CT molecular complexity index is 961. The Labute approximate surface area is 158 Å². The molecule has 0 spiro atoms. The van der Waals surface area contributed by atoms with Gasteiger partial charge in [0.25, 0.3) is 15.7 Å². The predicted octanol–water partition coefficient (Wildman–Crippen LogP) is 3.03. The van der Waals surface area contributed by atoms with Crippen molar-refractivity contribution in [1.29, 1.82) is 0 Å². The van der Waals surface area contributed by atoms with Crippen LogP contribution in [0.3, 0.4) is 0 Å². The fourth-order valence-corrected chi connectivity index (χ4v) is 4.27. The number of para-hydroxylation sites is 1. The normalized spacial score (nSPS) is 11.0. The van der Waals surface area contributed by atoms with E-state index in [1.807, 2.05) is 0 Å². The molecule has 2 aromatic rings. The molecule has 0 N–H and O–H groups in total. The van der Waals surface area contributed by atoms with Crippen LogP contribution in [-0.2, 0) is 19.6 Å². The van der Waals surface area contributed by atoms with Gasteiger partial charge in [-0.1, -0.05) is 18.2 Å². The molecule has 10 heteroatoms. The molecule has 0 saturated heterocycles. The average molecular weight is 443 g/mol. The number of ether oxygens (including phenoxy) is 1. The highest BCUT2D eigenvalue weighted by Crippen LogP contribution is 2.32. The van der Waals surface area contributed by atoms with Crippen LogP contribution in [0.1, 0.15) is 5.56 Å². The first kappa shape index (κ1) is 19.9. The highest BCUT2D eigenvalue weighted by atomic mass is 79.9. The number of hydrogen-bond donors (Lipinski definition) is 0. The van der Waals surface area contributed by atoms with Crippen LogP contribution in [-0.4, -0.2) is 33.0 Å². The van der Waals surface area contributed by atoms with Gasteiger partial charge in [-0.05, 0) is 41.1 Å². The number of hydrogen-bond acceptors (Lipinski definition) is 6. The van der Waals surface area contributed by atoms with Crippen molar-refractivity contribution >= 4 is 43.3 Å². The molecule has 0 bridgehead atoms. The van der Waals surface area contributed by atoms with Gasteiger partial charge in [0.15, 0.2) is 0 Å². The fraction of sp³-hybridized carbons (Fsp3) is 0.188. The van der Waals surface area contributed by atoms with Crippen molar-refractivity contribution in [3.63, 3.8) is 0 Å². The number of carbonyl (C=O) groups excluding carboxylic acids is 1. The van der Waals surface area contributed by atoms with Gasteiger partial charge in [0.05, 0.1) is 22.6 Å². The third-order valence-corrected chi connectivity index (χ3v) is 6.01. The number of carbonyl (C=O) groups is 1. The number of esters is 1. The lowest BCUT2D eigenvalue weighted by molar-refractivity contribution is -0.385. The van der Waals surface area contributed by atoms with Crippen molar-refractivity contribution in [1.82, 2.24) is 0 Å². The largest absolute Gasteiger partial charge is 0.468 e. The summed E-state index contributed by atoms with van der Waals surface area (Å²) in [6.07, 6.45) is 0. The Morgan fingerprint density at radius 3 is 2.50 bits per heavy atom. The van der Waals surface area contributed by atoms with Gasteiger partial charge in [0, 0.05) is 16.1 Å². The van der Waals surface area contributed by atoms with Gasteiger partial charge in [0.1, 0.15) is 6.54 Å². The molecule has 0 aliphatic rings. The second kappa shape index (κ2) is 7.83. The van der Waals surface area contributed by atoms with Crippen molar-refractivity contribution in [3.8, 4) is 0 Å². The lowest BCUT2D eigenvalue weighted by Gasteiger charge is -2.24. The predicted molar refractivity (Wildman–Crippen MR) is 98.5 cm³/mol. The van der Waals surface area contributed by atoms with Crippen LogP contribution in [0.25, 0.3) is 0 Å². The van der Waals surface area contributed by atoms with Gasteiger partial charge in [-0.2, -0.15) is 0 Å². The number of aryl methyl sites for hydroxylation is 1. The Morgan fingerprint density at radius 2 is 1.92 bits per heavy atom. The first-order chi connectivity index (χ1) is 12.2. The van der Waals surface area contributed by atoms with E-state index in [0.29, 0.717) is 10.0 Å². The van der Waals surface area contributed by atoms with E-state index in [9.17, 15) is 23.3 Å². The zero-order valence-corrected chi connectivity index (χ0v) is 16.3. The molecule has 26 heavy (non-hydrogen) atoms. The molecule has 0 unspecified atom stereocenters. The average Bonchev–Trinajstić information content (AvgIpc) is 2.60. The molecule has 0 saturated carbocycles. The van der Waals surface area contributed by atoms with E-state index >= 15 is 0 Å². The van der Waals surface area contributed by atoms with E-state index in [0.717, 1.165) is 17.5 Å². The molecule has 0 aromatic heterocycles. The van der Waals surface area contributed by atoms with Crippen LogP contribution in [0.4, 0.5) is 11.4 Å². The lowest BCUT2D eigenvalue weighted by Crippen LogP contribution is -2.36.